The zero-order valence-electron chi connectivity index (χ0n) is 11.5. The minimum absolute atomic E-state index is 0.0799. The zero-order chi connectivity index (χ0) is 14.6. The van der Waals surface area contributed by atoms with Gasteiger partial charge in [-0.3, -0.25) is 0 Å². The van der Waals surface area contributed by atoms with Crippen LogP contribution in [0.5, 0.6) is 0 Å². The number of hydrogen-bond acceptors (Lipinski definition) is 3. The molecule has 108 valence electrons. The van der Waals surface area contributed by atoms with Gasteiger partial charge < -0.3 is 5.73 Å². The molecule has 4 nitrogen and oxygen atoms in total. The summed E-state index contributed by atoms with van der Waals surface area (Å²) in [6.45, 7) is 6.08. The van der Waals surface area contributed by atoms with Crippen LogP contribution in [0.2, 0.25) is 0 Å². The van der Waals surface area contributed by atoms with Gasteiger partial charge in [0.25, 0.3) is 0 Å². The number of benzene rings is 1. The highest BCUT2D eigenvalue weighted by Crippen LogP contribution is 2.27. The van der Waals surface area contributed by atoms with Crippen molar-refractivity contribution < 1.29 is 8.42 Å². The summed E-state index contributed by atoms with van der Waals surface area (Å²) in [7, 11) is -3.52. The molecule has 1 atom stereocenters. The zero-order valence-corrected chi connectivity index (χ0v) is 13.9. The lowest BCUT2D eigenvalue weighted by molar-refractivity contribution is 0.543. The van der Waals surface area contributed by atoms with E-state index in [2.05, 4.69) is 20.7 Å². The number of aryl methyl sites for hydroxylation is 1. The van der Waals surface area contributed by atoms with E-state index in [0.717, 1.165) is 24.0 Å². The first-order valence-electron chi connectivity index (χ1n) is 6.33. The van der Waals surface area contributed by atoms with Gasteiger partial charge in [0.2, 0.25) is 10.0 Å². The summed E-state index contributed by atoms with van der Waals surface area (Å²) in [5.41, 5.74) is 7.28. The van der Waals surface area contributed by atoms with E-state index >= 15 is 0 Å². The van der Waals surface area contributed by atoms with E-state index in [1.54, 1.807) is 6.07 Å². The van der Waals surface area contributed by atoms with Crippen molar-refractivity contribution in [2.45, 2.75) is 51.1 Å². The van der Waals surface area contributed by atoms with Crippen LogP contribution in [0.1, 0.15) is 37.8 Å². The third-order valence-electron chi connectivity index (χ3n) is 2.88. The topological polar surface area (TPSA) is 72.2 Å². The molecule has 1 aromatic rings. The number of rotatable bonds is 6. The van der Waals surface area contributed by atoms with Gasteiger partial charge in [0.05, 0.1) is 4.90 Å². The summed E-state index contributed by atoms with van der Waals surface area (Å²) in [5, 5.41) is 0. The van der Waals surface area contributed by atoms with Gasteiger partial charge in [0, 0.05) is 17.1 Å². The van der Waals surface area contributed by atoms with Crippen LogP contribution >= 0.6 is 15.9 Å². The molecular weight excluding hydrogens is 328 g/mol. The molecule has 3 N–H and O–H groups in total. The first-order chi connectivity index (χ1) is 8.81. The van der Waals surface area contributed by atoms with Crippen LogP contribution in [0.25, 0.3) is 0 Å². The SMILES string of the molecule is CCCC(C)NS(=O)(=O)c1cc(CN)cc(C)c1Br. The van der Waals surface area contributed by atoms with Crippen molar-refractivity contribution in [1.82, 2.24) is 4.72 Å². The van der Waals surface area contributed by atoms with Gasteiger partial charge >= 0.3 is 0 Å². The second-order valence-electron chi connectivity index (χ2n) is 4.74. The van der Waals surface area contributed by atoms with Crippen LogP contribution in [-0.2, 0) is 16.6 Å². The molecule has 0 saturated carbocycles. The molecule has 1 unspecified atom stereocenters. The predicted octanol–water partition coefficient (Wildman–Crippen LogP) is 2.68. The van der Waals surface area contributed by atoms with Crippen LogP contribution in [0.15, 0.2) is 21.5 Å². The van der Waals surface area contributed by atoms with E-state index in [-0.39, 0.29) is 10.9 Å². The maximum atomic E-state index is 12.4. The fraction of sp³-hybridized carbons (Fsp3) is 0.538. The van der Waals surface area contributed by atoms with Crippen LogP contribution in [-0.4, -0.2) is 14.5 Å². The van der Waals surface area contributed by atoms with E-state index < -0.39 is 10.0 Å². The van der Waals surface area contributed by atoms with Gasteiger partial charge in [-0.25, -0.2) is 13.1 Å². The molecule has 0 saturated heterocycles. The normalized spacial score (nSPS) is 13.5. The summed E-state index contributed by atoms with van der Waals surface area (Å²) in [6, 6.07) is 3.43. The standard InChI is InChI=1S/C13H21BrN2O2S/c1-4-5-10(3)16-19(17,18)12-7-11(8-15)6-9(2)13(12)14/h6-7,10,16H,4-5,8,15H2,1-3H3. The molecule has 0 spiro atoms. The molecular formula is C13H21BrN2O2S. The highest BCUT2D eigenvalue weighted by atomic mass is 79.9. The van der Waals surface area contributed by atoms with Gasteiger partial charge in [0.15, 0.2) is 0 Å². The largest absolute Gasteiger partial charge is 0.326 e. The molecule has 0 amide bonds. The van der Waals surface area contributed by atoms with Gasteiger partial charge in [-0.2, -0.15) is 0 Å². The Bertz CT molecular complexity index is 544. The third-order valence-corrected chi connectivity index (χ3v) is 5.81. The van der Waals surface area contributed by atoms with Gasteiger partial charge in [-0.1, -0.05) is 19.4 Å². The first-order valence-corrected chi connectivity index (χ1v) is 8.60. The molecule has 0 heterocycles. The first kappa shape index (κ1) is 16.6. The van der Waals surface area contributed by atoms with Crippen molar-refractivity contribution in [2.75, 3.05) is 0 Å². The molecule has 0 radical (unpaired) electrons. The third kappa shape index (κ3) is 4.27. The van der Waals surface area contributed by atoms with Gasteiger partial charge in [-0.15, -0.1) is 0 Å². The Morgan fingerprint density at radius 2 is 2.05 bits per heavy atom. The van der Waals surface area contributed by atoms with Crippen molar-refractivity contribution in [3.63, 3.8) is 0 Å². The maximum Gasteiger partial charge on any atom is 0.241 e. The van der Waals surface area contributed by atoms with E-state index in [0.29, 0.717) is 11.0 Å². The Morgan fingerprint density at radius 3 is 2.58 bits per heavy atom. The Kier molecular flexibility index (Phi) is 5.98. The molecule has 19 heavy (non-hydrogen) atoms. The molecule has 0 aliphatic carbocycles. The lowest BCUT2D eigenvalue weighted by atomic mass is 10.1. The second kappa shape index (κ2) is 6.83. The fourth-order valence-corrected chi connectivity index (χ4v) is 4.29. The molecule has 1 rings (SSSR count). The predicted molar refractivity (Wildman–Crippen MR) is 81.5 cm³/mol. The molecule has 0 aromatic heterocycles. The molecule has 0 aliphatic heterocycles. The number of hydrogen-bond donors (Lipinski definition) is 2. The number of nitrogens with two attached hydrogens (primary N) is 1. The van der Waals surface area contributed by atoms with Crippen LogP contribution in [0, 0.1) is 6.92 Å². The summed E-state index contributed by atoms with van der Waals surface area (Å²) in [6.07, 6.45) is 1.75. The number of sulfonamides is 1. The van der Waals surface area contributed by atoms with Crippen LogP contribution < -0.4 is 10.5 Å². The minimum atomic E-state index is -3.52. The lowest BCUT2D eigenvalue weighted by Gasteiger charge is -2.16. The Balaban J connectivity index is 3.17. The summed E-state index contributed by atoms with van der Waals surface area (Å²) in [4.78, 5) is 0.260. The summed E-state index contributed by atoms with van der Waals surface area (Å²) in [5.74, 6) is 0. The van der Waals surface area contributed by atoms with Crippen LogP contribution in [0.4, 0.5) is 0 Å². The Labute approximate surface area is 124 Å². The van der Waals surface area contributed by atoms with Crippen molar-refractivity contribution in [2.24, 2.45) is 5.73 Å². The quantitative estimate of drug-likeness (QED) is 0.829. The van der Waals surface area contributed by atoms with E-state index in [9.17, 15) is 8.42 Å². The minimum Gasteiger partial charge on any atom is -0.326 e. The van der Waals surface area contributed by atoms with Crippen molar-refractivity contribution in [3.8, 4) is 0 Å². The molecule has 6 heteroatoms. The fourth-order valence-electron chi connectivity index (χ4n) is 1.94. The smallest absolute Gasteiger partial charge is 0.241 e. The molecule has 0 fully saturated rings. The van der Waals surface area contributed by atoms with Crippen molar-refractivity contribution in [3.05, 3.63) is 27.7 Å². The average Bonchev–Trinajstić information content (AvgIpc) is 2.31. The van der Waals surface area contributed by atoms with E-state index in [4.69, 9.17) is 5.73 Å². The van der Waals surface area contributed by atoms with E-state index in [1.807, 2.05) is 26.8 Å². The van der Waals surface area contributed by atoms with Gasteiger partial charge in [-0.05, 0) is 53.4 Å². The summed E-state index contributed by atoms with van der Waals surface area (Å²) < 4.78 is 28.0. The Hall–Kier alpha value is -0.430. The van der Waals surface area contributed by atoms with E-state index in [1.165, 1.54) is 0 Å². The summed E-state index contributed by atoms with van der Waals surface area (Å²) >= 11 is 3.35. The lowest BCUT2D eigenvalue weighted by Crippen LogP contribution is -2.32. The average molecular weight is 349 g/mol. The van der Waals surface area contributed by atoms with Crippen LogP contribution in [0.3, 0.4) is 0 Å². The van der Waals surface area contributed by atoms with Gasteiger partial charge in [0.1, 0.15) is 0 Å². The number of halogens is 1. The highest BCUT2D eigenvalue weighted by molar-refractivity contribution is 9.10. The molecule has 0 bridgehead atoms. The molecule has 0 aliphatic rings. The van der Waals surface area contributed by atoms with Crippen molar-refractivity contribution >= 4 is 26.0 Å². The second-order valence-corrected chi connectivity index (χ2v) is 7.22. The van der Waals surface area contributed by atoms with Crippen molar-refractivity contribution in [1.29, 1.82) is 0 Å². The number of nitrogens with one attached hydrogen (secondary N) is 1. The maximum absolute atomic E-state index is 12.4. The highest BCUT2D eigenvalue weighted by Gasteiger charge is 2.21. The monoisotopic (exact) mass is 348 g/mol. The Morgan fingerprint density at radius 1 is 1.42 bits per heavy atom. The molecule has 1 aromatic carbocycles.